The molecule has 3 rings (SSSR count). The van der Waals surface area contributed by atoms with Gasteiger partial charge in [-0.3, -0.25) is 9.59 Å². The van der Waals surface area contributed by atoms with Gasteiger partial charge in [0.25, 0.3) is 0 Å². The molecule has 3 heterocycles. The van der Waals surface area contributed by atoms with Crippen LogP contribution in [0.1, 0.15) is 28.9 Å². The molecule has 0 aromatic carbocycles. The van der Waals surface area contributed by atoms with Crippen molar-refractivity contribution >= 4 is 39.5 Å². The number of amides is 1. The van der Waals surface area contributed by atoms with Crippen LogP contribution in [0.3, 0.4) is 0 Å². The van der Waals surface area contributed by atoms with Gasteiger partial charge in [-0.1, -0.05) is 6.07 Å². The van der Waals surface area contributed by atoms with Gasteiger partial charge in [0.2, 0.25) is 5.91 Å². The van der Waals surface area contributed by atoms with Crippen molar-refractivity contribution in [2.45, 2.75) is 19.3 Å². The highest BCUT2D eigenvalue weighted by Crippen LogP contribution is 2.23. The first-order valence-corrected chi connectivity index (χ1v) is 9.48. The molecule has 2 aromatic heterocycles. The number of thiophene rings is 1. The highest BCUT2D eigenvalue weighted by atomic mass is 32.1. The fraction of sp³-hybridized carbons (Fsp3) is 0.438. The van der Waals surface area contributed by atoms with Gasteiger partial charge in [0, 0.05) is 37.0 Å². The molecule has 0 unspecified atom stereocenters. The predicted molar refractivity (Wildman–Crippen MR) is 93.2 cm³/mol. The molecule has 2 aromatic rings. The minimum atomic E-state index is -0.0216. The van der Waals surface area contributed by atoms with Crippen molar-refractivity contribution in [1.82, 2.24) is 9.88 Å². The minimum Gasteiger partial charge on any atom is -0.302 e. The van der Waals surface area contributed by atoms with Crippen LogP contribution in [0.15, 0.2) is 29.1 Å². The number of carbonyl (C=O) groups excluding carboxylic acids is 2. The van der Waals surface area contributed by atoms with Crippen molar-refractivity contribution in [2.24, 2.45) is 5.92 Å². The van der Waals surface area contributed by atoms with Crippen LogP contribution in [0, 0.1) is 5.92 Å². The molecule has 0 radical (unpaired) electrons. The third kappa shape index (κ3) is 4.46. The second-order valence-electron chi connectivity index (χ2n) is 5.62. The number of hydrogen-bond donors (Lipinski definition) is 1. The molecule has 0 saturated carbocycles. The van der Waals surface area contributed by atoms with Gasteiger partial charge in [0.05, 0.1) is 4.88 Å². The number of nitrogens with zero attached hydrogens (tertiary/aromatic N) is 2. The van der Waals surface area contributed by atoms with Crippen LogP contribution in [0.25, 0.3) is 0 Å². The van der Waals surface area contributed by atoms with Gasteiger partial charge in [-0.2, -0.15) is 0 Å². The van der Waals surface area contributed by atoms with Crippen molar-refractivity contribution in [3.8, 4) is 0 Å². The second kappa shape index (κ2) is 7.81. The quantitative estimate of drug-likeness (QED) is 0.814. The van der Waals surface area contributed by atoms with Gasteiger partial charge in [0.1, 0.15) is 0 Å². The summed E-state index contributed by atoms with van der Waals surface area (Å²) >= 11 is 2.92. The summed E-state index contributed by atoms with van der Waals surface area (Å²) in [6.07, 6.45) is 4.06. The lowest BCUT2D eigenvalue weighted by Crippen LogP contribution is -2.40. The molecule has 1 aliphatic rings. The maximum Gasteiger partial charge on any atom is 0.227 e. The molecule has 7 heteroatoms. The van der Waals surface area contributed by atoms with E-state index in [1.807, 2.05) is 22.9 Å². The van der Waals surface area contributed by atoms with E-state index in [-0.39, 0.29) is 17.6 Å². The first-order valence-electron chi connectivity index (χ1n) is 7.72. The average molecular weight is 349 g/mol. The number of ketones is 1. The van der Waals surface area contributed by atoms with E-state index in [0.29, 0.717) is 18.1 Å². The Kier molecular flexibility index (Phi) is 5.53. The Hall–Kier alpha value is -1.57. The second-order valence-corrected chi connectivity index (χ2v) is 7.46. The zero-order valence-corrected chi connectivity index (χ0v) is 14.4. The van der Waals surface area contributed by atoms with E-state index < -0.39 is 0 Å². The van der Waals surface area contributed by atoms with Crippen molar-refractivity contribution in [2.75, 3.05) is 25.0 Å². The number of anilines is 1. The van der Waals surface area contributed by atoms with Crippen molar-refractivity contribution in [1.29, 1.82) is 0 Å². The summed E-state index contributed by atoms with van der Waals surface area (Å²) in [6.45, 7) is 2.39. The van der Waals surface area contributed by atoms with Crippen molar-refractivity contribution in [3.63, 3.8) is 0 Å². The Labute approximate surface area is 143 Å². The van der Waals surface area contributed by atoms with E-state index in [4.69, 9.17) is 0 Å². The monoisotopic (exact) mass is 349 g/mol. The molecule has 5 nitrogen and oxygen atoms in total. The third-order valence-electron chi connectivity index (χ3n) is 3.97. The largest absolute Gasteiger partial charge is 0.302 e. The van der Waals surface area contributed by atoms with Crippen LogP contribution in [-0.2, 0) is 4.79 Å². The zero-order chi connectivity index (χ0) is 16.1. The van der Waals surface area contributed by atoms with Crippen LogP contribution in [0.2, 0.25) is 0 Å². The van der Waals surface area contributed by atoms with Gasteiger partial charge < -0.3 is 10.2 Å². The number of rotatable bonds is 6. The lowest BCUT2D eigenvalue weighted by Gasteiger charge is -2.31. The molecule has 1 atom stereocenters. The smallest absolute Gasteiger partial charge is 0.227 e. The Morgan fingerprint density at radius 1 is 1.35 bits per heavy atom. The molecule has 0 spiro atoms. The summed E-state index contributed by atoms with van der Waals surface area (Å²) in [7, 11) is 0. The summed E-state index contributed by atoms with van der Waals surface area (Å²) in [4.78, 5) is 31.5. The van der Waals surface area contributed by atoms with E-state index in [2.05, 4.69) is 15.2 Å². The van der Waals surface area contributed by atoms with Gasteiger partial charge >= 0.3 is 0 Å². The maximum atomic E-state index is 12.5. The van der Waals surface area contributed by atoms with Crippen LogP contribution in [0.4, 0.5) is 5.13 Å². The van der Waals surface area contributed by atoms with E-state index in [1.165, 1.54) is 22.7 Å². The fourth-order valence-electron chi connectivity index (χ4n) is 2.82. The number of carbonyl (C=O) groups is 2. The van der Waals surface area contributed by atoms with Gasteiger partial charge in [-0.05, 0) is 30.8 Å². The number of nitrogens with one attached hydrogen (secondary N) is 1. The van der Waals surface area contributed by atoms with Crippen molar-refractivity contribution < 1.29 is 9.59 Å². The first kappa shape index (κ1) is 16.3. The number of aromatic nitrogens is 1. The zero-order valence-electron chi connectivity index (χ0n) is 12.7. The van der Waals surface area contributed by atoms with E-state index in [1.54, 1.807) is 6.20 Å². The highest BCUT2D eigenvalue weighted by Gasteiger charge is 2.27. The topological polar surface area (TPSA) is 62.3 Å². The molecule has 1 amide bonds. The predicted octanol–water partition coefficient (Wildman–Crippen LogP) is 3.13. The number of hydrogen-bond acceptors (Lipinski definition) is 6. The lowest BCUT2D eigenvalue weighted by molar-refractivity contribution is -0.116. The Bertz CT molecular complexity index is 640. The molecule has 23 heavy (non-hydrogen) atoms. The highest BCUT2D eigenvalue weighted by molar-refractivity contribution is 7.13. The Morgan fingerprint density at radius 3 is 3.00 bits per heavy atom. The standard InChI is InChI=1S/C16H19N3O2S2/c20-14(18-16-17-6-10-23-16)5-8-19-7-1-3-12(11-19)15(21)13-4-2-9-22-13/h2,4,6,9-10,12H,1,3,5,7-8,11H2,(H,17,18,20)/t12-/m0/s1. The minimum absolute atomic E-state index is 0.0216. The Balaban J connectivity index is 1.47. The van der Waals surface area contributed by atoms with Crippen molar-refractivity contribution in [3.05, 3.63) is 34.0 Å². The molecule has 1 N–H and O–H groups in total. The third-order valence-corrected chi connectivity index (χ3v) is 5.55. The molecule has 1 saturated heterocycles. The average Bonchev–Trinajstić information content (AvgIpc) is 3.26. The van der Waals surface area contributed by atoms with Gasteiger partial charge in [-0.15, -0.1) is 22.7 Å². The molecule has 0 bridgehead atoms. The first-order chi connectivity index (χ1) is 11.2. The molecular weight excluding hydrogens is 330 g/mol. The Morgan fingerprint density at radius 2 is 2.26 bits per heavy atom. The molecule has 1 fully saturated rings. The van der Waals surface area contributed by atoms with E-state index in [9.17, 15) is 9.59 Å². The van der Waals surface area contributed by atoms with E-state index >= 15 is 0 Å². The fourth-order valence-corrected chi connectivity index (χ4v) is 4.11. The summed E-state index contributed by atoms with van der Waals surface area (Å²) < 4.78 is 0. The molecular formula is C16H19N3O2S2. The summed E-state index contributed by atoms with van der Waals surface area (Å²) in [5.41, 5.74) is 0. The van der Waals surface area contributed by atoms with Crippen LogP contribution >= 0.6 is 22.7 Å². The number of Topliss-reactive ketones (excluding diaryl/α,β-unsaturated/α-hetero) is 1. The van der Waals surface area contributed by atoms with Crippen LogP contribution in [0.5, 0.6) is 0 Å². The van der Waals surface area contributed by atoms with Gasteiger partial charge in [-0.25, -0.2) is 4.98 Å². The van der Waals surface area contributed by atoms with Gasteiger partial charge in [0.15, 0.2) is 10.9 Å². The number of piperidine rings is 1. The maximum absolute atomic E-state index is 12.5. The summed E-state index contributed by atoms with van der Waals surface area (Å²) in [5, 5.41) is 7.21. The normalized spacial score (nSPS) is 18.7. The summed E-state index contributed by atoms with van der Waals surface area (Å²) in [5.74, 6) is 0.285. The van der Waals surface area contributed by atoms with Crippen LogP contribution < -0.4 is 5.32 Å². The molecule has 1 aliphatic heterocycles. The summed E-state index contributed by atoms with van der Waals surface area (Å²) in [6, 6.07) is 3.81. The van der Waals surface area contributed by atoms with Crippen LogP contribution in [-0.4, -0.2) is 41.2 Å². The SMILES string of the molecule is O=C(CCN1CCC[C@H](C(=O)c2cccs2)C1)Nc1nccs1. The molecule has 0 aliphatic carbocycles. The molecule has 122 valence electrons. The number of likely N-dealkylation sites (tertiary alicyclic amines) is 1. The number of thiazole rings is 1. The lowest BCUT2D eigenvalue weighted by atomic mass is 9.93. The van der Waals surface area contributed by atoms with E-state index in [0.717, 1.165) is 30.8 Å².